The Morgan fingerprint density at radius 3 is 2.50 bits per heavy atom. The van der Waals surface area contributed by atoms with Gasteiger partial charge in [0.05, 0.1) is 17.7 Å². The number of amides is 1. The number of hydrogen-bond acceptors (Lipinski definition) is 5. The fourth-order valence-electron chi connectivity index (χ4n) is 2.54. The number of benzene rings is 1. The Morgan fingerprint density at radius 2 is 1.92 bits per heavy atom. The minimum Gasteiger partial charge on any atom is -0.497 e. The Kier molecular flexibility index (Phi) is 5.84. The summed E-state index contributed by atoms with van der Waals surface area (Å²) in [4.78, 5) is 22.4. The van der Waals surface area contributed by atoms with Crippen molar-refractivity contribution in [3.05, 3.63) is 51.1 Å². The molecule has 1 amide bonds. The minimum atomic E-state index is 0.0296. The van der Waals surface area contributed by atoms with Gasteiger partial charge in [-0.1, -0.05) is 13.8 Å². The third-order valence-electron chi connectivity index (χ3n) is 3.77. The lowest BCUT2D eigenvalue weighted by Gasteiger charge is -2.17. The molecular formula is C20H22N2O2S2. The average Bonchev–Trinajstić information content (AvgIpc) is 3.14. The largest absolute Gasteiger partial charge is 0.497 e. The molecule has 2 heterocycles. The highest BCUT2D eigenvalue weighted by Crippen LogP contribution is 2.35. The molecule has 1 aromatic carbocycles. The smallest absolute Gasteiger partial charge is 0.266 e. The molecule has 1 fully saturated rings. The van der Waals surface area contributed by atoms with Gasteiger partial charge in [0.25, 0.3) is 5.91 Å². The van der Waals surface area contributed by atoms with Crippen LogP contribution in [0, 0.1) is 12.8 Å². The van der Waals surface area contributed by atoms with E-state index in [2.05, 4.69) is 26.8 Å². The van der Waals surface area contributed by atoms with Gasteiger partial charge in [-0.15, -0.1) is 11.3 Å². The number of rotatable bonds is 5. The van der Waals surface area contributed by atoms with Crippen LogP contribution in [0.1, 0.15) is 23.6 Å². The van der Waals surface area contributed by atoms with Gasteiger partial charge in [0.1, 0.15) is 5.75 Å². The van der Waals surface area contributed by atoms with Crippen molar-refractivity contribution in [3.63, 3.8) is 0 Å². The summed E-state index contributed by atoms with van der Waals surface area (Å²) in [5.41, 5.74) is 0.808. The Bertz CT molecular complexity index is 851. The van der Waals surface area contributed by atoms with E-state index in [0.29, 0.717) is 12.5 Å². The molecule has 0 bridgehead atoms. The van der Waals surface area contributed by atoms with Crippen LogP contribution in [0.3, 0.4) is 0 Å². The number of amidine groups is 1. The highest BCUT2D eigenvalue weighted by atomic mass is 32.2. The summed E-state index contributed by atoms with van der Waals surface area (Å²) >= 11 is 3.13. The summed E-state index contributed by atoms with van der Waals surface area (Å²) in [7, 11) is 1.64. The van der Waals surface area contributed by atoms with Crippen LogP contribution in [-0.2, 0) is 4.79 Å². The summed E-state index contributed by atoms with van der Waals surface area (Å²) in [6.45, 7) is 6.93. The van der Waals surface area contributed by atoms with Crippen molar-refractivity contribution >= 4 is 45.9 Å². The average molecular weight is 387 g/mol. The zero-order valence-corrected chi connectivity index (χ0v) is 17.0. The number of carbonyl (C=O) groups excluding carboxylic acids is 1. The zero-order valence-electron chi connectivity index (χ0n) is 15.4. The van der Waals surface area contributed by atoms with Gasteiger partial charge in [-0.25, -0.2) is 4.99 Å². The van der Waals surface area contributed by atoms with Gasteiger partial charge < -0.3 is 4.74 Å². The first-order valence-corrected chi connectivity index (χ1v) is 10.1. The van der Waals surface area contributed by atoms with Crippen LogP contribution in [0.5, 0.6) is 5.75 Å². The first-order chi connectivity index (χ1) is 12.5. The van der Waals surface area contributed by atoms with Gasteiger partial charge >= 0.3 is 0 Å². The Balaban J connectivity index is 1.92. The van der Waals surface area contributed by atoms with Crippen molar-refractivity contribution in [1.82, 2.24) is 4.90 Å². The van der Waals surface area contributed by atoms with Crippen molar-refractivity contribution < 1.29 is 9.53 Å². The Labute approximate surface area is 162 Å². The molecule has 26 heavy (non-hydrogen) atoms. The van der Waals surface area contributed by atoms with Crippen molar-refractivity contribution in [2.75, 3.05) is 13.7 Å². The zero-order chi connectivity index (χ0) is 18.7. The fraction of sp³-hybridized carbons (Fsp3) is 0.300. The maximum absolute atomic E-state index is 12.9. The van der Waals surface area contributed by atoms with Gasteiger partial charge in [-0.3, -0.25) is 9.69 Å². The molecule has 0 radical (unpaired) electrons. The third-order valence-corrected chi connectivity index (χ3v) is 5.72. The van der Waals surface area contributed by atoms with E-state index in [1.54, 1.807) is 23.3 Å². The van der Waals surface area contributed by atoms with Crippen LogP contribution in [0.2, 0.25) is 0 Å². The summed E-state index contributed by atoms with van der Waals surface area (Å²) in [6, 6.07) is 11.7. The van der Waals surface area contributed by atoms with E-state index in [9.17, 15) is 4.79 Å². The van der Waals surface area contributed by atoms with Crippen LogP contribution < -0.4 is 4.74 Å². The molecule has 3 rings (SSSR count). The van der Waals surface area contributed by atoms with Crippen molar-refractivity contribution in [3.8, 4) is 5.75 Å². The first kappa shape index (κ1) is 18.7. The number of thioether (sulfide) groups is 1. The number of ether oxygens (including phenoxy) is 1. The van der Waals surface area contributed by atoms with Crippen LogP contribution in [0.4, 0.5) is 5.69 Å². The molecule has 0 N–H and O–H groups in total. The van der Waals surface area contributed by atoms with E-state index in [1.165, 1.54) is 16.6 Å². The molecule has 0 unspecified atom stereocenters. The summed E-state index contributed by atoms with van der Waals surface area (Å²) in [5.74, 6) is 1.18. The lowest BCUT2D eigenvalue weighted by molar-refractivity contribution is -0.122. The van der Waals surface area contributed by atoms with Gasteiger partial charge in [-0.2, -0.15) is 0 Å². The van der Waals surface area contributed by atoms with Gasteiger partial charge in [0, 0.05) is 16.3 Å². The van der Waals surface area contributed by atoms with Crippen LogP contribution in [0.15, 0.2) is 46.3 Å². The molecule has 2 aromatic rings. The van der Waals surface area contributed by atoms with Gasteiger partial charge in [0.15, 0.2) is 5.17 Å². The number of aliphatic imine (C=N–C) groups is 1. The second kappa shape index (κ2) is 8.10. The summed E-state index contributed by atoms with van der Waals surface area (Å²) in [6.07, 6.45) is 1.97. The van der Waals surface area contributed by atoms with Crippen molar-refractivity contribution in [2.45, 2.75) is 20.8 Å². The fourth-order valence-corrected chi connectivity index (χ4v) is 4.44. The molecule has 0 aliphatic carbocycles. The molecule has 6 heteroatoms. The van der Waals surface area contributed by atoms with Crippen LogP contribution in [0.25, 0.3) is 6.08 Å². The molecule has 1 aliphatic heterocycles. The van der Waals surface area contributed by atoms with E-state index >= 15 is 0 Å². The number of nitrogens with zero attached hydrogens (tertiary/aromatic N) is 2. The standard InChI is InChI=1S/C20H22N2O2S2/c1-13(2)12-22-19(23)18(11-17-10-5-14(3)25-17)26-20(22)21-15-6-8-16(24-4)9-7-15/h5-11,13H,12H2,1-4H3/b18-11+,21-20?. The molecule has 0 atom stereocenters. The highest BCUT2D eigenvalue weighted by Gasteiger charge is 2.33. The molecule has 1 aliphatic rings. The molecular weight excluding hydrogens is 364 g/mol. The van der Waals surface area contributed by atoms with E-state index in [-0.39, 0.29) is 5.91 Å². The number of carbonyl (C=O) groups is 1. The summed E-state index contributed by atoms with van der Waals surface area (Å²) < 4.78 is 5.19. The maximum atomic E-state index is 12.9. The Hall–Kier alpha value is -2.05. The molecule has 0 spiro atoms. The van der Waals surface area contributed by atoms with Gasteiger partial charge in [0.2, 0.25) is 0 Å². The third kappa shape index (κ3) is 4.37. The first-order valence-electron chi connectivity index (χ1n) is 8.47. The molecule has 0 saturated carbocycles. The van der Waals surface area contributed by atoms with E-state index in [1.807, 2.05) is 36.4 Å². The second-order valence-corrected chi connectivity index (χ2v) is 8.79. The van der Waals surface area contributed by atoms with E-state index in [0.717, 1.165) is 26.4 Å². The number of hydrogen-bond donors (Lipinski definition) is 0. The molecule has 4 nitrogen and oxygen atoms in total. The Morgan fingerprint density at radius 1 is 1.19 bits per heavy atom. The normalized spacial score (nSPS) is 17.7. The topological polar surface area (TPSA) is 41.9 Å². The minimum absolute atomic E-state index is 0.0296. The lowest BCUT2D eigenvalue weighted by Crippen LogP contribution is -2.32. The van der Waals surface area contributed by atoms with Crippen LogP contribution in [-0.4, -0.2) is 29.6 Å². The van der Waals surface area contributed by atoms with Crippen LogP contribution >= 0.6 is 23.1 Å². The number of thiophene rings is 1. The monoisotopic (exact) mass is 386 g/mol. The number of aryl methyl sites for hydroxylation is 1. The number of methoxy groups -OCH3 is 1. The lowest BCUT2D eigenvalue weighted by atomic mass is 10.2. The summed E-state index contributed by atoms with van der Waals surface area (Å²) in [5, 5.41) is 0.730. The highest BCUT2D eigenvalue weighted by molar-refractivity contribution is 8.18. The molecule has 136 valence electrons. The van der Waals surface area contributed by atoms with Gasteiger partial charge in [-0.05, 0) is 67.1 Å². The quantitative estimate of drug-likeness (QED) is 0.653. The predicted molar refractivity (Wildman–Crippen MR) is 111 cm³/mol. The van der Waals surface area contributed by atoms with Crippen molar-refractivity contribution in [1.29, 1.82) is 0 Å². The van der Waals surface area contributed by atoms with Crippen molar-refractivity contribution in [2.24, 2.45) is 10.9 Å². The second-order valence-electron chi connectivity index (χ2n) is 6.46. The SMILES string of the molecule is COc1ccc(N=C2S/C(=C/c3ccc(C)s3)C(=O)N2CC(C)C)cc1. The molecule has 1 saturated heterocycles. The molecule has 1 aromatic heterocycles. The van der Waals surface area contributed by atoms with E-state index in [4.69, 9.17) is 9.73 Å². The van der Waals surface area contributed by atoms with E-state index < -0.39 is 0 Å². The predicted octanol–water partition coefficient (Wildman–Crippen LogP) is 5.33. The maximum Gasteiger partial charge on any atom is 0.266 e.